The molecule has 0 fully saturated rings. The minimum Gasteiger partial charge on any atom is -0.349 e. The summed E-state index contributed by atoms with van der Waals surface area (Å²) in [5, 5.41) is 7.34. The molecule has 0 bridgehead atoms. The van der Waals surface area contributed by atoms with Crippen LogP contribution in [0, 0.1) is 5.92 Å². The number of amides is 1. The highest BCUT2D eigenvalue weighted by molar-refractivity contribution is 5.79. The summed E-state index contributed by atoms with van der Waals surface area (Å²) in [7, 11) is 0. The van der Waals surface area contributed by atoms with Gasteiger partial charge in [0.05, 0.1) is 23.8 Å². The Bertz CT molecular complexity index is 621. The van der Waals surface area contributed by atoms with Crippen LogP contribution in [0.2, 0.25) is 0 Å². The lowest BCUT2D eigenvalue weighted by Gasteiger charge is -2.33. The summed E-state index contributed by atoms with van der Waals surface area (Å²) in [5.41, 5.74) is 7.27. The molecule has 22 heavy (non-hydrogen) atoms. The molecule has 1 unspecified atom stereocenters. The predicted octanol–water partition coefficient (Wildman–Crippen LogP) is 1.90. The lowest BCUT2D eigenvalue weighted by molar-refractivity contribution is -0.122. The van der Waals surface area contributed by atoms with Crippen molar-refractivity contribution in [3.8, 4) is 5.69 Å². The van der Waals surface area contributed by atoms with E-state index in [-0.39, 0.29) is 17.4 Å². The Morgan fingerprint density at radius 2 is 2.05 bits per heavy atom. The van der Waals surface area contributed by atoms with Crippen LogP contribution in [0.25, 0.3) is 5.69 Å². The van der Waals surface area contributed by atoms with Gasteiger partial charge >= 0.3 is 0 Å². The highest BCUT2D eigenvalue weighted by Gasteiger charge is 2.28. The first-order chi connectivity index (χ1) is 10.4. The molecule has 0 aliphatic carbocycles. The zero-order chi connectivity index (χ0) is 16.2. The van der Waals surface area contributed by atoms with Crippen LogP contribution in [0.3, 0.4) is 0 Å². The summed E-state index contributed by atoms with van der Waals surface area (Å²) in [4.78, 5) is 12.2. The van der Waals surface area contributed by atoms with Crippen LogP contribution >= 0.6 is 0 Å². The van der Waals surface area contributed by atoms with Gasteiger partial charge in [0.2, 0.25) is 5.91 Å². The van der Waals surface area contributed by atoms with Gasteiger partial charge in [-0.2, -0.15) is 5.10 Å². The fraction of sp³-hybridized carbons (Fsp3) is 0.412. The maximum absolute atomic E-state index is 12.2. The van der Waals surface area contributed by atoms with Crippen molar-refractivity contribution in [3.05, 3.63) is 48.3 Å². The molecular formula is C17H24N4O. The minimum atomic E-state index is -0.382. The molecular weight excluding hydrogens is 276 g/mol. The Morgan fingerprint density at radius 1 is 1.36 bits per heavy atom. The highest BCUT2D eigenvalue weighted by atomic mass is 16.1. The average molecular weight is 300 g/mol. The summed E-state index contributed by atoms with van der Waals surface area (Å²) in [6.45, 7) is 6.50. The second-order valence-corrected chi connectivity index (χ2v) is 6.13. The van der Waals surface area contributed by atoms with Gasteiger partial charge in [0, 0.05) is 12.7 Å². The van der Waals surface area contributed by atoms with Crippen molar-refractivity contribution in [2.75, 3.05) is 6.54 Å². The van der Waals surface area contributed by atoms with E-state index in [4.69, 9.17) is 5.73 Å². The standard InChI is InChI=1S/C17H24N4O/c1-13(2)17(3,12-18)20-16(22)9-14-10-19-21(11-14)15-7-5-4-6-8-15/h4-8,10-11,13H,9,12,18H2,1-3H3,(H,20,22). The van der Waals surface area contributed by atoms with Gasteiger partial charge in [0.1, 0.15) is 0 Å². The van der Waals surface area contributed by atoms with E-state index in [0.29, 0.717) is 13.0 Å². The minimum absolute atomic E-state index is 0.0331. The summed E-state index contributed by atoms with van der Waals surface area (Å²) in [5.74, 6) is 0.239. The molecule has 2 rings (SSSR count). The number of rotatable bonds is 6. The molecule has 0 saturated heterocycles. The molecule has 0 aliphatic rings. The molecule has 1 aromatic heterocycles. The second kappa shape index (κ2) is 6.75. The molecule has 2 aromatic rings. The zero-order valence-corrected chi connectivity index (χ0v) is 13.4. The third-order valence-electron chi connectivity index (χ3n) is 4.14. The van der Waals surface area contributed by atoms with Crippen LogP contribution in [-0.4, -0.2) is 27.8 Å². The van der Waals surface area contributed by atoms with Crippen LogP contribution in [0.5, 0.6) is 0 Å². The maximum Gasteiger partial charge on any atom is 0.225 e. The summed E-state index contributed by atoms with van der Waals surface area (Å²) < 4.78 is 1.77. The lowest BCUT2D eigenvalue weighted by Crippen LogP contribution is -2.55. The Hall–Kier alpha value is -2.14. The van der Waals surface area contributed by atoms with Gasteiger partial charge in [-0.1, -0.05) is 32.0 Å². The number of benzene rings is 1. The van der Waals surface area contributed by atoms with E-state index in [0.717, 1.165) is 11.3 Å². The fourth-order valence-corrected chi connectivity index (χ4v) is 2.15. The summed E-state index contributed by atoms with van der Waals surface area (Å²) >= 11 is 0. The lowest BCUT2D eigenvalue weighted by atomic mass is 9.88. The number of hydrogen-bond acceptors (Lipinski definition) is 3. The van der Waals surface area contributed by atoms with Gasteiger partial charge in [-0.25, -0.2) is 4.68 Å². The van der Waals surface area contributed by atoms with Gasteiger partial charge in [-0.3, -0.25) is 4.79 Å². The van der Waals surface area contributed by atoms with Crippen molar-refractivity contribution >= 4 is 5.91 Å². The van der Waals surface area contributed by atoms with Crippen LogP contribution in [0.1, 0.15) is 26.3 Å². The molecule has 1 atom stereocenters. The molecule has 3 N–H and O–H groups in total. The summed E-state index contributed by atoms with van der Waals surface area (Å²) in [6, 6.07) is 9.82. The first kappa shape index (κ1) is 16.2. The molecule has 0 aliphatic heterocycles. The maximum atomic E-state index is 12.2. The Labute approximate surface area is 131 Å². The molecule has 1 amide bonds. The number of hydrogen-bond donors (Lipinski definition) is 2. The molecule has 0 saturated carbocycles. The topological polar surface area (TPSA) is 72.9 Å². The molecule has 1 aromatic carbocycles. The van der Waals surface area contributed by atoms with Crippen LogP contribution < -0.4 is 11.1 Å². The van der Waals surface area contributed by atoms with E-state index < -0.39 is 0 Å². The first-order valence-electron chi connectivity index (χ1n) is 7.54. The smallest absolute Gasteiger partial charge is 0.225 e. The number of carbonyl (C=O) groups excluding carboxylic acids is 1. The molecule has 0 spiro atoms. The number of nitrogens with zero attached hydrogens (tertiary/aromatic N) is 2. The van der Waals surface area contributed by atoms with E-state index in [2.05, 4.69) is 24.3 Å². The van der Waals surface area contributed by atoms with Crippen molar-refractivity contribution in [2.24, 2.45) is 11.7 Å². The Morgan fingerprint density at radius 3 is 2.64 bits per heavy atom. The van der Waals surface area contributed by atoms with Crippen molar-refractivity contribution in [3.63, 3.8) is 0 Å². The molecule has 5 nitrogen and oxygen atoms in total. The predicted molar refractivity (Wildman–Crippen MR) is 87.7 cm³/mol. The average Bonchev–Trinajstić information content (AvgIpc) is 2.96. The van der Waals surface area contributed by atoms with E-state index in [9.17, 15) is 4.79 Å². The first-order valence-corrected chi connectivity index (χ1v) is 7.54. The quantitative estimate of drug-likeness (QED) is 0.856. The number of aromatic nitrogens is 2. The number of nitrogens with one attached hydrogen (secondary N) is 1. The van der Waals surface area contributed by atoms with Crippen molar-refractivity contribution in [2.45, 2.75) is 32.7 Å². The van der Waals surface area contributed by atoms with Crippen LogP contribution in [0.15, 0.2) is 42.7 Å². The van der Waals surface area contributed by atoms with Crippen molar-refractivity contribution in [1.29, 1.82) is 0 Å². The monoisotopic (exact) mass is 300 g/mol. The number of carbonyl (C=O) groups is 1. The van der Waals surface area contributed by atoms with Gasteiger partial charge in [-0.15, -0.1) is 0 Å². The number of nitrogens with two attached hydrogens (primary N) is 1. The molecule has 1 heterocycles. The Kier molecular flexibility index (Phi) is 4.98. The normalized spacial score (nSPS) is 13.9. The van der Waals surface area contributed by atoms with Gasteiger partial charge < -0.3 is 11.1 Å². The van der Waals surface area contributed by atoms with E-state index in [1.54, 1.807) is 10.9 Å². The second-order valence-electron chi connectivity index (χ2n) is 6.13. The van der Waals surface area contributed by atoms with E-state index >= 15 is 0 Å². The zero-order valence-electron chi connectivity index (χ0n) is 13.4. The summed E-state index contributed by atoms with van der Waals surface area (Å²) in [6.07, 6.45) is 3.90. The molecule has 118 valence electrons. The highest BCUT2D eigenvalue weighted by Crippen LogP contribution is 2.15. The fourth-order valence-electron chi connectivity index (χ4n) is 2.15. The van der Waals surface area contributed by atoms with E-state index in [1.165, 1.54) is 0 Å². The van der Waals surface area contributed by atoms with E-state index in [1.807, 2.05) is 43.5 Å². The molecule has 0 radical (unpaired) electrons. The van der Waals surface area contributed by atoms with Crippen LogP contribution in [-0.2, 0) is 11.2 Å². The molecule has 5 heteroatoms. The van der Waals surface area contributed by atoms with Gasteiger partial charge in [-0.05, 0) is 30.5 Å². The van der Waals surface area contributed by atoms with Crippen molar-refractivity contribution in [1.82, 2.24) is 15.1 Å². The Balaban J connectivity index is 2.03. The largest absolute Gasteiger partial charge is 0.349 e. The van der Waals surface area contributed by atoms with Gasteiger partial charge in [0.15, 0.2) is 0 Å². The third kappa shape index (κ3) is 3.74. The SMILES string of the molecule is CC(C)C(C)(CN)NC(=O)Cc1cnn(-c2ccccc2)c1. The number of para-hydroxylation sites is 1. The third-order valence-corrected chi connectivity index (χ3v) is 4.14. The van der Waals surface area contributed by atoms with Gasteiger partial charge in [0.25, 0.3) is 0 Å². The van der Waals surface area contributed by atoms with Crippen molar-refractivity contribution < 1.29 is 4.79 Å². The van der Waals surface area contributed by atoms with Crippen LogP contribution in [0.4, 0.5) is 0 Å².